The van der Waals surface area contributed by atoms with Crippen LogP contribution in [0.25, 0.3) is 0 Å². The standard InChI is InChI=1S/C11H19NO4/c1-4-11(15)16-9-8-12(2,3)7-5-6-10(13)14/h4H,1,5-9H2,2-3H3/p+1. The highest BCUT2D eigenvalue weighted by Crippen LogP contribution is 2.01. The largest absolute Gasteiger partial charge is 0.481 e. The van der Waals surface area contributed by atoms with Crippen molar-refractivity contribution in [1.29, 1.82) is 0 Å². The molecule has 0 aliphatic heterocycles. The lowest BCUT2D eigenvalue weighted by Gasteiger charge is -2.29. The van der Waals surface area contributed by atoms with Crippen LogP contribution >= 0.6 is 0 Å². The Labute approximate surface area is 95.9 Å². The molecule has 0 atom stereocenters. The van der Waals surface area contributed by atoms with Crippen molar-refractivity contribution in [2.45, 2.75) is 12.8 Å². The number of hydrogen-bond acceptors (Lipinski definition) is 3. The van der Waals surface area contributed by atoms with Crippen molar-refractivity contribution in [2.24, 2.45) is 0 Å². The van der Waals surface area contributed by atoms with Gasteiger partial charge in [0.15, 0.2) is 0 Å². The van der Waals surface area contributed by atoms with Crippen molar-refractivity contribution in [1.82, 2.24) is 0 Å². The van der Waals surface area contributed by atoms with Crippen LogP contribution in [0, 0.1) is 0 Å². The van der Waals surface area contributed by atoms with E-state index in [-0.39, 0.29) is 6.42 Å². The molecule has 0 fully saturated rings. The highest BCUT2D eigenvalue weighted by Gasteiger charge is 2.15. The molecule has 0 saturated carbocycles. The van der Waals surface area contributed by atoms with Gasteiger partial charge in [0.1, 0.15) is 13.2 Å². The number of nitrogens with zero attached hydrogens (tertiary/aromatic N) is 1. The second-order valence-electron chi connectivity index (χ2n) is 4.25. The number of carboxylic acid groups (broad SMARTS) is 1. The topological polar surface area (TPSA) is 63.6 Å². The van der Waals surface area contributed by atoms with E-state index in [2.05, 4.69) is 6.58 Å². The molecular formula is C11H20NO4+. The Balaban J connectivity index is 3.73. The van der Waals surface area contributed by atoms with Gasteiger partial charge < -0.3 is 14.3 Å². The molecule has 0 saturated heterocycles. The average Bonchev–Trinajstić information content (AvgIpc) is 2.16. The molecule has 0 aromatic heterocycles. The molecule has 0 aromatic rings. The third kappa shape index (κ3) is 7.99. The molecule has 0 spiro atoms. The molecule has 0 aliphatic rings. The molecule has 0 bridgehead atoms. The van der Waals surface area contributed by atoms with Gasteiger partial charge in [-0.2, -0.15) is 0 Å². The summed E-state index contributed by atoms with van der Waals surface area (Å²) in [6.45, 7) is 5.04. The van der Waals surface area contributed by atoms with Gasteiger partial charge in [-0.15, -0.1) is 0 Å². The van der Waals surface area contributed by atoms with Crippen molar-refractivity contribution in [2.75, 3.05) is 33.8 Å². The van der Waals surface area contributed by atoms with Gasteiger partial charge >= 0.3 is 11.9 Å². The van der Waals surface area contributed by atoms with Crippen LogP contribution in [0.1, 0.15) is 12.8 Å². The van der Waals surface area contributed by atoms with Gasteiger partial charge in [-0.25, -0.2) is 4.79 Å². The van der Waals surface area contributed by atoms with Crippen LogP contribution < -0.4 is 0 Å². The zero-order chi connectivity index (χ0) is 12.6. The monoisotopic (exact) mass is 230 g/mol. The van der Waals surface area contributed by atoms with E-state index in [9.17, 15) is 9.59 Å². The maximum Gasteiger partial charge on any atom is 0.330 e. The first-order chi connectivity index (χ1) is 7.37. The van der Waals surface area contributed by atoms with Gasteiger partial charge in [-0.1, -0.05) is 6.58 Å². The Morgan fingerprint density at radius 3 is 2.50 bits per heavy atom. The molecule has 5 nitrogen and oxygen atoms in total. The number of carbonyl (C=O) groups excluding carboxylic acids is 1. The number of aliphatic carboxylic acids is 1. The number of carbonyl (C=O) groups is 2. The Morgan fingerprint density at radius 2 is 2.00 bits per heavy atom. The van der Waals surface area contributed by atoms with E-state index in [0.29, 0.717) is 24.1 Å². The predicted molar refractivity (Wildman–Crippen MR) is 59.9 cm³/mol. The summed E-state index contributed by atoms with van der Waals surface area (Å²) in [5, 5.41) is 8.50. The molecule has 0 unspecified atom stereocenters. The molecule has 16 heavy (non-hydrogen) atoms. The maximum atomic E-state index is 10.8. The van der Waals surface area contributed by atoms with E-state index < -0.39 is 11.9 Å². The molecule has 0 aromatic carbocycles. The van der Waals surface area contributed by atoms with E-state index in [1.807, 2.05) is 14.1 Å². The first-order valence-electron chi connectivity index (χ1n) is 5.20. The SMILES string of the molecule is C=CC(=O)OCC[N+](C)(C)CCCC(=O)O. The van der Waals surface area contributed by atoms with Gasteiger partial charge in [0, 0.05) is 12.5 Å². The second-order valence-corrected chi connectivity index (χ2v) is 4.25. The second kappa shape index (κ2) is 7.00. The Kier molecular flexibility index (Phi) is 6.41. The van der Waals surface area contributed by atoms with Crippen LogP contribution in [-0.2, 0) is 14.3 Å². The lowest BCUT2D eigenvalue weighted by Crippen LogP contribution is -2.43. The molecule has 0 radical (unpaired) electrons. The summed E-state index contributed by atoms with van der Waals surface area (Å²) in [6, 6.07) is 0. The van der Waals surface area contributed by atoms with Gasteiger partial charge in [0.05, 0.1) is 27.1 Å². The number of likely N-dealkylation sites (N-methyl/N-ethyl adjacent to an activating group) is 1. The number of ether oxygens (including phenoxy) is 1. The highest BCUT2D eigenvalue weighted by atomic mass is 16.5. The van der Waals surface area contributed by atoms with Crippen LogP contribution in [0.4, 0.5) is 0 Å². The fourth-order valence-corrected chi connectivity index (χ4v) is 1.22. The summed E-state index contributed by atoms with van der Waals surface area (Å²) in [5.41, 5.74) is 0. The first-order valence-corrected chi connectivity index (χ1v) is 5.20. The number of hydrogen-bond donors (Lipinski definition) is 1. The molecule has 0 amide bonds. The molecule has 0 aliphatic carbocycles. The fourth-order valence-electron chi connectivity index (χ4n) is 1.22. The van der Waals surface area contributed by atoms with Crippen molar-refractivity contribution >= 4 is 11.9 Å². The van der Waals surface area contributed by atoms with Crippen LogP contribution in [0.15, 0.2) is 12.7 Å². The van der Waals surface area contributed by atoms with Crippen LogP contribution in [0.2, 0.25) is 0 Å². The van der Waals surface area contributed by atoms with Crippen molar-refractivity contribution < 1.29 is 23.9 Å². The van der Waals surface area contributed by atoms with Gasteiger partial charge in [-0.3, -0.25) is 4.79 Å². The number of quaternary nitrogens is 1. The van der Waals surface area contributed by atoms with E-state index in [0.717, 1.165) is 12.6 Å². The Morgan fingerprint density at radius 1 is 1.38 bits per heavy atom. The smallest absolute Gasteiger partial charge is 0.330 e. The Bertz CT molecular complexity index is 261. The molecule has 5 heteroatoms. The summed E-state index contributed by atoms with van der Waals surface area (Å²) in [6.07, 6.45) is 1.93. The van der Waals surface area contributed by atoms with Gasteiger partial charge in [0.25, 0.3) is 0 Å². The van der Waals surface area contributed by atoms with E-state index >= 15 is 0 Å². The zero-order valence-corrected chi connectivity index (χ0v) is 9.94. The van der Waals surface area contributed by atoms with Crippen LogP contribution in [-0.4, -0.2) is 55.3 Å². The van der Waals surface area contributed by atoms with Crippen LogP contribution in [0.5, 0.6) is 0 Å². The minimum Gasteiger partial charge on any atom is -0.481 e. The first kappa shape index (κ1) is 14.6. The van der Waals surface area contributed by atoms with Crippen LogP contribution in [0.3, 0.4) is 0 Å². The van der Waals surface area contributed by atoms with Crippen molar-refractivity contribution in [3.63, 3.8) is 0 Å². The number of carboxylic acids is 1. The molecular weight excluding hydrogens is 210 g/mol. The number of esters is 1. The third-order valence-corrected chi connectivity index (χ3v) is 2.26. The third-order valence-electron chi connectivity index (χ3n) is 2.26. The molecule has 1 N–H and O–H groups in total. The lowest BCUT2D eigenvalue weighted by molar-refractivity contribution is -0.890. The predicted octanol–water partition coefficient (Wildman–Crippen LogP) is 0.657. The number of rotatable bonds is 8. The van der Waals surface area contributed by atoms with Crippen molar-refractivity contribution in [3.05, 3.63) is 12.7 Å². The fraction of sp³-hybridized carbons (Fsp3) is 0.636. The van der Waals surface area contributed by atoms with E-state index in [1.165, 1.54) is 0 Å². The lowest BCUT2D eigenvalue weighted by atomic mass is 10.3. The minimum absolute atomic E-state index is 0.175. The maximum absolute atomic E-state index is 10.8. The summed E-state index contributed by atoms with van der Waals surface area (Å²) < 4.78 is 5.50. The minimum atomic E-state index is -0.780. The summed E-state index contributed by atoms with van der Waals surface area (Å²) in [7, 11) is 3.95. The summed E-state index contributed by atoms with van der Waals surface area (Å²) in [4.78, 5) is 21.1. The molecule has 92 valence electrons. The van der Waals surface area contributed by atoms with E-state index in [4.69, 9.17) is 9.84 Å². The highest BCUT2D eigenvalue weighted by molar-refractivity contribution is 5.81. The summed E-state index contributed by atoms with van der Waals surface area (Å²) >= 11 is 0. The van der Waals surface area contributed by atoms with Gasteiger partial charge in [0.2, 0.25) is 0 Å². The Hall–Kier alpha value is -1.36. The molecule has 0 rings (SSSR count). The van der Waals surface area contributed by atoms with Gasteiger partial charge in [-0.05, 0) is 0 Å². The average molecular weight is 230 g/mol. The summed E-state index contributed by atoms with van der Waals surface area (Å²) in [5.74, 6) is -1.20. The van der Waals surface area contributed by atoms with E-state index in [1.54, 1.807) is 0 Å². The normalized spacial score (nSPS) is 10.9. The van der Waals surface area contributed by atoms with Crippen molar-refractivity contribution in [3.8, 4) is 0 Å². The molecule has 0 heterocycles. The quantitative estimate of drug-likeness (QED) is 0.378. The zero-order valence-electron chi connectivity index (χ0n) is 9.94.